The maximum absolute atomic E-state index is 9.44. The number of aromatic nitrogens is 2. The number of para-hydroxylation sites is 1. The van der Waals surface area contributed by atoms with Crippen LogP contribution in [0.2, 0.25) is 0 Å². The molecule has 138 valence electrons. The Labute approximate surface area is 168 Å². The van der Waals surface area contributed by atoms with Gasteiger partial charge in [-0.05, 0) is 50.5 Å². The van der Waals surface area contributed by atoms with E-state index in [0.717, 1.165) is 36.5 Å². The molecule has 1 aliphatic rings. The Morgan fingerprint density at radius 3 is 2.96 bits per heavy atom. The second-order valence-electron chi connectivity index (χ2n) is 7.41. The summed E-state index contributed by atoms with van der Waals surface area (Å²) in [6.07, 6.45) is 2.39. The van der Waals surface area contributed by atoms with Crippen LogP contribution in [-0.2, 0) is 6.67 Å². The van der Waals surface area contributed by atoms with Crippen molar-refractivity contribution in [2.75, 3.05) is 13.1 Å². The van der Waals surface area contributed by atoms with E-state index in [1.54, 1.807) is 0 Å². The average molecular weight is 396 g/mol. The molecule has 0 spiro atoms. The topological polar surface area (TPSA) is 46.0 Å². The zero-order chi connectivity index (χ0) is 19.0. The number of benzene rings is 1. The van der Waals surface area contributed by atoms with Gasteiger partial charge in [-0.25, -0.2) is 4.98 Å². The summed E-state index contributed by atoms with van der Waals surface area (Å²) in [7, 11) is 0. The summed E-state index contributed by atoms with van der Waals surface area (Å²) < 4.78 is 4.08. The Morgan fingerprint density at radius 1 is 1.37 bits per heavy atom. The van der Waals surface area contributed by atoms with Crippen LogP contribution >= 0.6 is 23.6 Å². The van der Waals surface area contributed by atoms with Crippen molar-refractivity contribution in [3.8, 4) is 6.07 Å². The van der Waals surface area contributed by atoms with Gasteiger partial charge < -0.3 is 4.90 Å². The number of nitrogens with zero attached hydrogens (tertiary/aromatic N) is 3. The molecule has 27 heavy (non-hydrogen) atoms. The molecule has 1 N–H and O–H groups in total. The Hall–Kier alpha value is -2.07. The van der Waals surface area contributed by atoms with E-state index in [0.29, 0.717) is 16.1 Å². The lowest BCUT2D eigenvalue weighted by Crippen LogP contribution is -3.12. The van der Waals surface area contributed by atoms with Gasteiger partial charge in [-0.3, -0.25) is 4.57 Å². The number of hydrogen-bond acceptors (Lipinski definition) is 4. The molecule has 4 rings (SSSR count). The number of aryl methyl sites for hydroxylation is 2. The van der Waals surface area contributed by atoms with Gasteiger partial charge in [-0.2, -0.15) is 5.26 Å². The van der Waals surface area contributed by atoms with Crippen LogP contribution in [0.5, 0.6) is 0 Å². The first kappa shape index (κ1) is 18.3. The van der Waals surface area contributed by atoms with Gasteiger partial charge in [0.1, 0.15) is 15.7 Å². The molecule has 1 fully saturated rings. The first-order valence-corrected chi connectivity index (χ1v) is 10.6. The number of rotatable bonds is 3. The van der Waals surface area contributed by atoms with Crippen molar-refractivity contribution in [2.24, 2.45) is 0 Å². The van der Waals surface area contributed by atoms with E-state index in [2.05, 4.69) is 47.9 Å². The number of quaternary nitrogens is 1. The fourth-order valence-corrected chi connectivity index (χ4v) is 5.57. The minimum Gasteiger partial charge on any atom is -0.317 e. The molecule has 0 bridgehead atoms. The quantitative estimate of drug-likeness (QED) is 0.687. The SMILES string of the molecule is Cc1cc(C)n(C[NH+]2CCC[C@H](c3nc4ccccc4s3)C2)c(=S)c1C#N. The summed E-state index contributed by atoms with van der Waals surface area (Å²) in [6.45, 7) is 7.07. The van der Waals surface area contributed by atoms with Crippen molar-refractivity contribution in [2.45, 2.75) is 39.3 Å². The maximum atomic E-state index is 9.44. The minimum atomic E-state index is 0.501. The maximum Gasteiger partial charge on any atom is 0.157 e. The molecule has 0 aliphatic carbocycles. The first-order chi connectivity index (χ1) is 13.1. The Bertz CT molecular complexity index is 1060. The molecular formula is C21H23N4S2+. The zero-order valence-corrected chi connectivity index (χ0v) is 17.3. The molecule has 2 aromatic heterocycles. The third-order valence-corrected chi connectivity index (χ3v) is 7.10. The molecular weight excluding hydrogens is 372 g/mol. The zero-order valence-electron chi connectivity index (χ0n) is 15.7. The third-order valence-electron chi connectivity index (χ3n) is 5.48. The Balaban J connectivity index is 1.58. The van der Waals surface area contributed by atoms with Gasteiger partial charge in [0, 0.05) is 5.69 Å². The molecule has 0 radical (unpaired) electrons. The van der Waals surface area contributed by atoms with Crippen LogP contribution in [-0.4, -0.2) is 22.6 Å². The number of pyridine rings is 1. The van der Waals surface area contributed by atoms with Gasteiger partial charge in [0.05, 0.1) is 34.8 Å². The van der Waals surface area contributed by atoms with E-state index in [1.165, 1.54) is 27.4 Å². The summed E-state index contributed by atoms with van der Waals surface area (Å²) in [5, 5.41) is 10.7. The lowest BCUT2D eigenvalue weighted by molar-refractivity contribution is -0.929. The van der Waals surface area contributed by atoms with Crippen LogP contribution in [0.3, 0.4) is 0 Å². The van der Waals surface area contributed by atoms with E-state index >= 15 is 0 Å². The predicted molar refractivity (Wildman–Crippen MR) is 112 cm³/mol. The van der Waals surface area contributed by atoms with Crippen molar-refractivity contribution in [1.82, 2.24) is 9.55 Å². The number of piperidine rings is 1. The van der Waals surface area contributed by atoms with Crippen LogP contribution in [0.4, 0.5) is 0 Å². The Morgan fingerprint density at radius 2 is 2.19 bits per heavy atom. The molecule has 6 heteroatoms. The van der Waals surface area contributed by atoms with Crippen molar-refractivity contribution in [3.63, 3.8) is 0 Å². The number of fused-ring (bicyclic) bond motifs is 1. The predicted octanol–water partition coefficient (Wildman–Crippen LogP) is 3.74. The lowest BCUT2D eigenvalue weighted by Gasteiger charge is -2.30. The van der Waals surface area contributed by atoms with E-state index in [1.807, 2.05) is 18.3 Å². The van der Waals surface area contributed by atoms with Crippen LogP contribution in [0.25, 0.3) is 10.2 Å². The molecule has 4 nitrogen and oxygen atoms in total. The van der Waals surface area contributed by atoms with Gasteiger partial charge in [0.15, 0.2) is 6.67 Å². The summed E-state index contributed by atoms with van der Waals surface area (Å²) in [6, 6.07) is 12.7. The molecule has 1 aromatic carbocycles. The summed E-state index contributed by atoms with van der Waals surface area (Å²) >= 11 is 7.45. The van der Waals surface area contributed by atoms with Crippen LogP contribution < -0.4 is 4.90 Å². The third kappa shape index (κ3) is 3.55. The molecule has 0 saturated carbocycles. The highest BCUT2D eigenvalue weighted by molar-refractivity contribution is 7.71. The molecule has 1 saturated heterocycles. The monoisotopic (exact) mass is 395 g/mol. The van der Waals surface area contributed by atoms with Gasteiger partial charge in [-0.1, -0.05) is 24.4 Å². The summed E-state index contributed by atoms with van der Waals surface area (Å²) in [5.41, 5.74) is 3.85. The number of nitrogens with one attached hydrogen (secondary N) is 1. The molecule has 2 atom stereocenters. The second-order valence-corrected chi connectivity index (χ2v) is 8.86. The first-order valence-electron chi connectivity index (χ1n) is 9.37. The second kappa shape index (κ2) is 7.51. The number of likely N-dealkylation sites (tertiary alicyclic amines) is 1. The highest BCUT2D eigenvalue weighted by Crippen LogP contribution is 2.30. The smallest absolute Gasteiger partial charge is 0.157 e. The molecule has 1 aliphatic heterocycles. The normalized spacial score (nSPS) is 19.9. The fourth-order valence-electron chi connectivity index (χ4n) is 4.05. The highest BCUT2D eigenvalue weighted by atomic mass is 32.1. The van der Waals surface area contributed by atoms with Crippen molar-refractivity contribution in [1.29, 1.82) is 5.26 Å². The van der Waals surface area contributed by atoms with Gasteiger partial charge in [-0.15, -0.1) is 11.3 Å². The van der Waals surface area contributed by atoms with Crippen molar-refractivity contribution < 1.29 is 4.90 Å². The number of thiazole rings is 1. The van der Waals surface area contributed by atoms with Gasteiger partial charge >= 0.3 is 0 Å². The summed E-state index contributed by atoms with van der Waals surface area (Å²) in [5.74, 6) is 0.501. The molecule has 3 heterocycles. The molecule has 3 aromatic rings. The van der Waals surface area contributed by atoms with Crippen molar-refractivity contribution >= 4 is 33.8 Å². The van der Waals surface area contributed by atoms with Crippen molar-refractivity contribution in [3.05, 3.63) is 56.8 Å². The van der Waals surface area contributed by atoms with Crippen LogP contribution in [0, 0.1) is 29.8 Å². The fraction of sp³-hybridized carbons (Fsp3) is 0.381. The summed E-state index contributed by atoms with van der Waals surface area (Å²) in [4.78, 5) is 6.40. The highest BCUT2D eigenvalue weighted by Gasteiger charge is 2.27. The molecule has 1 unspecified atom stereocenters. The Kier molecular flexibility index (Phi) is 5.09. The van der Waals surface area contributed by atoms with E-state index < -0.39 is 0 Å². The van der Waals surface area contributed by atoms with Gasteiger partial charge in [0.2, 0.25) is 0 Å². The largest absolute Gasteiger partial charge is 0.317 e. The molecule has 0 amide bonds. The standard InChI is InChI=1S/C21H22N4S2/c1-14-10-15(2)25(21(26)17(14)11-22)13-24-9-5-6-16(12-24)20-23-18-7-3-4-8-19(18)27-20/h3-4,7-8,10,16H,5-6,9,12-13H2,1-2H3/p+1/t16-/m0/s1. The van der Waals surface area contributed by atoms with E-state index in [4.69, 9.17) is 17.2 Å². The van der Waals surface area contributed by atoms with E-state index in [-0.39, 0.29) is 0 Å². The number of nitriles is 1. The van der Waals surface area contributed by atoms with Gasteiger partial charge in [0.25, 0.3) is 0 Å². The minimum absolute atomic E-state index is 0.501. The lowest BCUT2D eigenvalue weighted by atomic mass is 9.99. The average Bonchev–Trinajstić information content (AvgIpc) is 3.10. The number of hydrogen-bond donors (Lipinski definition) is 1. The van der Waals surface area contributed by atoms with Crippen LogP contribution in [0.1, 0.15) is 40.6 Å². The van der Waals surface area contributed by atoms with Crippen LogP contribution in [0.15, 0.2) is 30.3 Å². The van der Waals surface area contributed by atoms with E-state index in [9.17, 15) is 5.26 Å².